The van der Waals surface area contributed by atoms with Crippen molar-refractivity contribution in [3.05, 3.63) is 99.5 Å². The molecule has 8 heteroatoms. The maximum Gasteiger partial charge on any atom is 0.338 e. The molecule has 0 bridgehead atoms. The van der Waals surface area contributed by atoms with Crippen LogP contribution in [0.3, 0.4) is 0 Å². The first-order valence-corrected chi connectivity index (χ1v) is 12.4. The normalized spacial score (nSPS) is 17.7. The summed E-state index contributed by atoms with van der Waals surface area (Å²) in [7, 11) is 0. The van der Waals surface area contributed by atoms with Crippen LogP contribution in [0.4, 0.5) is 5.69 Å². The second-order valence-electron chi connectivity index (χ2n) is 8.83. The Morgan fingerprint density at radius 3 is 2.28 bits per heavy atom. The summed E-state index contributed by atoms with van der Waals surface area (Å²) < 4.78 is 6.00. The molecule has 7 nitrogen and oxygen atoms in total. The van der Waals surface area contributed by atoms with E-state index >= 15 is 0 Å². The Bertz CT molecular complexity index is 1340. The van der Waals surface area contributed by atoms with Crippen molar-refractivity contribution >= 4 is 45.2 Å². The fourth-order valence-electron chi connectivity index (χ4n) is 4.64. The lowest BCUT2D eigenvalue weighted by molar-refractivity contribution is -0.123. The van der Waals surface area contributed by atoms with Gasteiger partial charge in [0.2, 0.25) is 5.91 Å². The number of benzene rings is 3. The summed E-state index contributed by atoms with van der Waals surface area (Å²) in [4.78, 5) is 53.9. The van der Waals surface area contributed by atoms with Crippen LogP contribution in [0, 0.1) is 0 Å². The number of anilines is 1. The molecule has 2 heterocycles. The van der Waals surface area contributed by atoms with Crippen LogP contribution in [-0.2, 0) is 27.3 Å². The highest BCUT2D eigenvalue weighted by Gasteiger charge is 2.43. The van der Waals surface area contributed by atoms with Crippen molar-refractivity contribution in [2.75, 3.05) is 18.1 Å². The van der Waals surface area contributed by atoms with E-state index in [-0.39, 0.29) is 36.2 Å². The number of hydrogen-bond donors (Lipinski definition) is 0. The van der Waals surface area contributed by atoms with Gasteiger partial charge in [0, 0.05) is 23.1 Å². The average molecular weight is 547 g/mol. The lowest BCUT2D eigenvalue weighted by atomic mass is 9.98. The van der Waals surface area contributed by atoms with E-state index in [1.807, 2.05) is 12.1 Å². The number of fused-ring (bicyclic) bond motifs is 1. The Hall–Kier alpha value is -3.62. The van der Waals surface area contributed by atoms with Crippen LogP contribution in [0.1, 0.15) is 38.3 Å². The Labute approximate surface area is 216 Å². The van der Waals surface area contributed by atoms with Gasteiger partial charge in [-0.05, 0) is 53.9 Å². The third-order valence-corrected chi connectivity index (χ3v) is 7.11. The van der Waals surface area contributed by atoms with Crippen molar-refractivity contribution < 1.29 is 23.9 Å². The number of carbonyl (C=O) groups excluding carboxylic acids is 4. The fraction of sp³-hybridized carbons (Fsp3) is 0.214. The van der Waals surface area contributed by atoms with Crippen molar-refractivity contribution in [1.29, 1.82) is 0 Å². The smallest absolute Gasteiger partial charge is 0.338 e. The van der Waals surface area contributed by atoms with E-state index in [0.29, 0.717) is 17.8 Å². The first-order valence-electron chi connectivity index (χ1n) is 11.6. The van der Waals surface area contributed by atoms with Crippen molar-refractivity contribution in [2.24, 2.45) is 0 Å². The summed E-state index contributed by atoms with van der Waals surface area (Å²) in [5.41, 5.74) is 3.55. The van der Waals surface area contributed by atoms with Gasteiger partial charge in [0.05, 0.1) is 23.7 Å². The van der Waals surface area contributed by atoms with Crippen LogP contribution in [0.2, 0.25) is 0 Å². The molecule has 0 aliphatic carbocycles. The van der Waals surface area contributed by atoms with E-state index in [4.69, 9.17) is 4.74 Å². The van der Waals surface area contributed by atoms with E-state index < -0.39 is 12.0 Å². The third-order valence-electron chi connectivity index (χ3n) is 6.59. The zero-order valence-corrected chi connectivity index (χ0v) is 20.9. The van der Waals surface area contributed by atoms with Crippen molar-refractivity contribution in [2.45, 2.75) is 25.4 Å². The number of carbonyl (C=O) groups is 4. The topological polar surface area (TPSA) is 84.0 Å². The molecule has 0 spiro atoms. The van der Waals surface area contributed by atoms with E-state index in [9.17, 15) is 19.2 Å². The van der Waals surface area contributed by atoms with Gasteiger partial charge in [0.15, 0.2) is 12.4 Å². The van der Waals surface area contributed by atoms with Crippen molar-refractivity contribution in [3.8, 4) is 0 Å². The zero-order chi connectivity index (χ0) is 25.2. The maximum atomic E-state index is 13.2. The molecule has 2 aliphatic rings. The highest BCUT2D eigenvalue weighted by Crippen LogP contribution is 2.29. The Kier molecular flexibility index (Phi) is 6.80. The van der Waals surface area contributed by atoms with Crippen LogP contribution in [0.5, 0.6) is 0 Å². The van der Waals surface area contributed by atoms with Crippen LogP contribution in [0.15, 0.2) is 77.3 Å². The van der Waals surface area contributed by atoms with Crippen molar-refractivity contribution in [1.82, 2.24) is 4.90 Å². The first-order chi connectivity index (χ1) is 17.4. The monoisotopic (exact) mass is 546 g/mol. The number of rotatable bonds is 6. The summed E-state index contributed by atoms with van der Waals surface area (Å²) in [6.45, 7) is 0.974. The second-order valence-corrected chi connectivity index (χ2v) is 9.75. The highest BCUT2D eigenvalue weighted by atomic mass is 79.9. The molecular formula is C28H23BrN2O5. The van der Waals surface area contributed by atoms with Gasteiger partial charge < -0.3 is 4.74 Å². The number of esters is 1. The van der Waals surface area contributed by atoms with E-state index in [1.165, 1.54) is 28.2 Å². The number of amides is 2. The van der Waals surface area contributed by atoms with Gasteiger partial charge in [0.25, 0.3) is 5.91 Å². The molecule has 3 aromatic carbocycles. The number of hydrogen-bond acceptors (Lipinski definition) is 6. The predicted molar refractivity (Wildman–Crippen MR) is 137 cm³/mol. The van der Waals surface area contributed by atoms with E-state index in [2.05, 4.69) is 33.0 Å². The molecule has 36 heavy (non-hydrogen) atoms. The van der Waals surface area contributed by atoms with Gasteiger partial charge >= 0.3 is 5.97 Å². The molecule has 3 aromatic rings. The second kappa shape index (κ2) is 10.2. The zero-order valence-electron chi connectivity index (χ0n) is 19.4. The number of ether oxygens (including phenoxy) is 1. The molecule has 1 atom stereocenters. The van der Waals surface area contributed by atoms with Gasteiger partial charge in [-0.1, -0.05) is 52.3 Å². The number of Topliss-reactive ketones (excluding diaryl/α,β-unsaturated/α-hetero) is 1. The number of halogens is 1. The standard InChI is InChI=1S/C28H23BrN2O5/c29-22-9-5-19(6-10-22)25(32)17-36-28(35)20-7-11-23(12-8-20)31-26(33)15-24(27(31)34)30-14-13-18-3-1-2-4-21(18)16-30/h1-12,24H,13-17H2. The quantitative estimate of drug-likeness (QED) is 0.262. The maximum absolute atomic E-state index is 13.2. The van der Waals surface area contributed by atoms with Gasteiger partial charge in [0.1, 0.15) is 0 Å². The van der Waals surface area contributed by atoms with Gasteiger partial charge in [-0.15, -0.1) is 0 Å². The summed E-state index contributed by atoms with van der Waals surface area (Å²) >= 11 is 3.31. The Morgan fingerprint density at radius 2 is 1.56 bits per heavy atom. The Balaban J connectivity index is 1.22. The van der Waals surface area contributed by atoms with Crippen LogP contribution in [0.25, 0.3) is 0 Å². The lowest BCUT2D eigenvalue weighted by Crippen LogP contribution is -2.44. The molecule has 2 amide bonds. The van der Waals surface area contributed by atoms with Crippen LogP contribution >= 0.6 is 15.9 Å². The van der Waals surface area contributed by atoms with E-state index in [0.717, 1.165) is 17.4 Å². The van der Waals surface area contributed by atoms with Crippen LogP contribution < -0.4 is 4.90 Å². The van der Waals surface area contributed by atoms with Crippen molar-refractivity contribution in [3.63, 3.8) is 0 Å². The SMILES string of the molecule is O=C(COC(=O)c1ccc(N2C(=O)CC(N3CCc4ccccc4C3)C2=O)cc1)c1ccc(Br)cc1. The minimum Gasteiger partial charge on any atom is -0.454 e. The summed E-state index contributed by atoms with van der Waals surface area (Å²) in [5.74, 6) is -1.49. The molecule has 1 fully saturated rings. The minimum atomic E-state index is -0.657. The molecule has 2 aliphatic heterocycles. The fourth-order valence-corrected chi connectivity index (χ4v) is 4.90. The van der Waals surface area contributed by atoms with Gasteiger partial charge in [-0.25, -0.2) is 9.69 Å². The molecule has 0 saturated carbocycles. The third kappa shape index (κ3) is 4.87. The summed E-state index contributed by atoms with van der Waals surface area (Å²) in [5, 5.41) is 0. The molecule has 5 rings (SSSR count). The molecule has 1 saturated heterocycles. The molecular weight excluding hydrogens is 524 g/mol. The average Bonchev–Trinajstić information content (AvgIpc) is 3.20. The number of imide groups is 1. The van der Waals surface area contributed by atoms with Gasteiger partial charge in [-0.3, -0.25) is 19.3 Å². The van der Waals surface area contributed by atoms with Gasteiger partial charge in [-0.2, -0.15) is 0 Å². The highest BCUT2D eigenvalue weighted by molar-refractivity contribution is 9.10. The Morgan fingerprint density at radius 1 is 0.889 bits per heavy atom. The largest absolute Gasteiger partial charge is 0.454 e. The first kappa shape index (κ1) is 24.1. The summed E-state index contributed by atoms with van der Waals surface area (Å²) in [6, 6.07) is 20.5. The number of nitrogens with zero attached hydrogens (tertiary/aromatic N) is 2. The van der Waals surface area contributed by atoms with Crippen LogP contribution in [-0.4, -0.2) is 47.7 Å². The lowest BCUT2D eigenvalue weighted by Gasteiger charge is -2.32. The number of ketones is 1. The molecule has 182 valence electrons. The van der Waals surface area contributed by atoms with E-state index in [1.54, 1.807) is 36.4 Å². The molecule has 0 radical (unpaired) electrons. The molecule has 1 unspecified atom stereocenters. The minimum absolute atomic E-state index is 0.128. The molecule has 0 aromatic heterocycles. The molecule has 0 N–H and O–H groups in total. The predicted octanol–water partition coefficient (Wildman–Crippen LogP) is 4.18. The summed E-state index contributed by atoms with van der Waals surface area (Å²) in [6.07, 6.45) is 0.970.